The molecule has 23 heavy (non-hydrogen) atoms. The summed E-state index contributed by atoms with van der Waals surface area (Å²) >= 11 is 6.45. The van der Waals surface area contributed by atoms with Crippen LogP contribution in [0.3, 0.4) is 0 Å². The van der Waals surface area contributed by atoms with Gasteiger partial charge in [-0.2, -0.15) is 0 Å². The quantitative estimate of drug-likeness (QED) is 0.585. The third-order valence-electron chi connectivity index (χ3n) is 4.26. The molecular weight excluding hydrogens is 304 g/mol. The molecular formula is C20H29ClN2. The van der Waals surface area contributed by atoms with Gasteiger partial charge in [0.05, 0.1) is 17.4 Å². The van der Waals surface area contributed by atoms with E-state index >= 15 is 0 Å². The van der Waals surface area contributed by atoms with Crippen molar-refractivity contribution in [3.05, 3.63) is 70.6 Å². The van der Waals surface area contributed by atoms with Crippen LogP contribution in [0.2, 0.25) is 0 Å². The van der Waals surface area contributed by atoms with E-state index in [-0.39, 0.29) is 0 Å². The molecule has 0 bridgehead atoms. The fourth-order valence-electron chi connectivity index (χ4n) is 2.82. The van der Waals surface area contributed by atoms with Crippen molar-refractivity contribution < 1.29 is 0 Å². The number of rotatable bonds is 6. The molecule has 0 aliphatic carbocycles. The highest BCUT2D eigenvalue weighted by Gasteiger charge is 2.26. The summed E-state index contributed by atoms with van der Waals surface area (Å²) in [6.45, 7) is 20.9. The van der Waals surface area contributed by atoms with Crippen LogP contribution in [0.25, 0.3) is 0 Å². The average Bonchev–Trinajstić information content (AvgIpc) is 3.03. The summed E-state index contributed by atoms with van der Waals surface area (Å²) in [6, 6.07) is 0. The van der Waals surface area contributed by atoms with Gasteiger partial charge in [0, 0.05) is 18.8 Å². The minimum atomic E-state index is 0.776. The molecule has 1 heterocycles. The Balaban J connectivity index is 3.19. The zero-order valence-electron chi connectivity index (χ0n) is 15.1. The molecule has 3 heteroatoms. The van der Waals surface area contributed by atoms with Crippen LogP contribution in [-0.4, -0.2) is 29.6 Å². The Hall–Kier alpha value is -1.67. The first-order valence-corrected chi connectivity index (χ1v) is 8.40. The maximum absolute atomic E-state index is 6.45. The molecule has 2 nitrogen and oxygen atoms in total. The zero-order chi connectivity index (χ0) is 17.6. The fourth-order valence-corrected chi connectivity index (χ4v) is 3.09. The molecule has 1 saturated heterocycles. The van der Waals surface area contributed by atoms with Crippen LogP contribution < -0.4 is 0 Å². The van der Waals surface area contributed by atoms with Crippen molar-refractivity contribution in [2.24, 2.45) is 0 Å². The second-order valence-electron chi connectivity index (χ2n) is 5.75. The third-order valence-corrected chi connectivity index (χ3v) is 4.66. The standard InChI is InChI=1S/C20H29ClN2/c1-8-15(5)19(16(6)9-2)22-12-13-23(14-22)20(17(7)10-3)18(21)11-4/h8-11H,1,3,12-14H2,2,4-7H3/b16-9?,18-11?,19-15+,20-17+. The molecule has 0 radical (unpaired) electrons. The van der Waals surface area contributed by atoms with Gasteiger partial charge in [-0.05, 0) is 51.3 Å². The summed E-state index contributed by atoms with van der Waals surface area (Å²) in [7, 11) is 0. The van der Waals surface area contributed by atoms with Crippen LogP contribution in [0.1, 0.15) is 34.6 Å². The van der Waals surface area contributed by atoms with Crippen LogP contribution in [0, 0.1) is 0 Å². The van der Waals surface area contributed by atoms with Crippen LogP contribution in [0.5, 0.6) is 0 Å². The molecule has 0 aromatic carbocycles. The van der Waals surface area contributed by atoms with Gasteiger partial charge in [-0.1, -0.05) is 49.1 Å². The van der Waals surface area contributed by atoms with Gasteiger partial charge in [-0.3, -0.25) is 0 Å². The molecule has 0 aromatic heterocycles. The second-order valence-corrected chi connectivity index (χ2v) is 6.16. The predicted octanol–water partition coefficient (Wildman–Crippen LogP) is 5.59. The van der Waals surface area contributed by atoms with Gasteiger partial charge in [-0.25, -0.2) is 0 Å². The van der Waals surface area contributed by atoms with Crippen molar-refractivity contribution in [3.8, 4) is 0 Å². The summed E-state index contributed by atoms with van der Waals surface area (Å²) in [4.78, 5) is 4.71. The van der Waals surface area contributed by atoms with Crippen molar-refractivity contribution in [2.75, 3.05) is 19.8 Å². The van der Waals surface area contributed by atoms with E-state index in [4.69, 9.17) is 11.6 Å². The first kappa shape index (κ1) is 19.4. The Labute approximate surface area is 146 Å². The maximum Gasteiger partial charge on any atom is 0.0905 e. The van der Waals surface area contributed by atoms with Crippen LogP contribution in [-0.2, 0) is 0 Å². The maximum atomic E-state index is 6.45. The molecule has 1 aliphatic rings. The van der Waals surface area contributed by atoms with E-state index in [1.54, 1.807) is 0 Å². The molecule has 0 N–H and O–H groups in total. The van der Waals surface area contributed by atoms with E-state index in [1.165, 1.54) is 16.8 Å². The Morgan fingerprint density at radius 2 is 1.35 bits per heavy atom. The first-order valence-electron chi connectivity index (χ1n) is 8.03. The normalized spacial score (nSPS) is 18.7. The fraction of sp³-hybridized carbons (Fsp3) is 0.400. The Morgan fingerprint density at radius 1 is 0.870 bits per heavy atom. The van der Waals surface area contributed by atoms with Gasteiger partial charge in [0.1, 0.15) is 0 Å². The Bertz CT molecular complexity index is 539. The molecule has 1 rings (SSSR count). The van der Waals surface area contributed by atoms with Gasteiger partial charge in [0.15, 0.2) is 0 Å². The summed E-state index contributed by atoms with van der Waals surface area (Å²) < 4.78 is 0. The molecule has 1 fully saturated rings. The molecule has 0 aromatic rings. The van der Waals surface area contributed by atoms with Crippen LogP contribution >= 0.6 is 11.6 Å². The van der Waals surface area contributed by atoms with E-state index < -0.39 is 0 Å². The van der Waals surface area contributed by atoms with Crippen molar-refractivity contribution in [2.45, 2.75) is 34.6 Å². The van der Waals surface area contributed by atoms with E-state index in [2.05, 4.69) is 56.7 Å². The lowest BCUT2D eigenvalue weighted by Crippen LogP contribution is -2.26. The first-order chi connectivity index (χ1) is 10.9. The average molecular weight is 333 g/mol. The minimum absolute atomic E-state index is 0.776. The number of halogens is 1. The van der Waals surface area contributed by atoms with E-state index in [9.17, 15) is 0 Å². The second kappa shape index (κ2) is 8.83. The molecule has 0 spiro atoms. The summed E-state index contributed by atoms with van der Waals surface area (Å²) in [5.41, 5.74) is 5.90. The molecule has 0 unspecified atom stereocenters. The van der Waals surface area contributed by atoms with E-state index in [0.717, 1.165) is 36.1 Å². The van der Waals surface area contributed by atoms with Gasteiger partial charge in [-0.15, -0.1) is 0 Å². The monoisotopic (exact) mass is 332 g/mol. The highest BCUT2D eigenvalue weighted by atomic mass is 35.5. The molecule has 126 valence electrons. The summed E-state index contributed by atoms with van der Waals surface area (Å²) in [5.74, 6) is 0. The van der Waals surface area contributed by atoms with Crippen molar-refractivity contribution in [1.29, 1.82) is 0 Å². The van der Waals surface area contributed by atoms with Crippen molar-refractivity contribution >= 4 is 11.6 Å². The summed E-state index contributed by atoms with van der Waals surface area (Å²) in [5, 5.41) is 0.776. The molecule has 0 amide bonds. The third kappa shape index (κ3) is 4.42. The molecule has 1 aliphatic heterocycles. The number of allylic oxidation sites excluding steroid dienone is 8. The van der Waals surface area contributed by atoms with Crippen LogP contribution in [0.15, 0.2) is 70.6 Å². The lowest BCUT2D eigenvalue weighted by atomic mass is 10.1. The number of nitrogens with zero attached hydrogens (tertiary/aromatic N) is 2. The molecule has 0 saturated carbocycles. The smallest absolute Gasteiger partial charge is 0.0905 e. The van der Waals surface area contributed by atoms with Gasteiger partial charge >= 0.3 is 0 Å². The lowest BCUT2D eigenvalue weighted by molar-refractivity contribution is 0.335. The van der Waals surface area contributed by atoms with Crippen LogP contribution in [0.4, 0.5) is 0 Å². The van der Waals surface area contributed by atoms with E-state index in [1.807, 2.05) is 25.2 Å². The van der Waals surface area contributed by atoms with E-state index in [0.29, 0.717) is 0 Å². The predicted molar refractivity (Wildman–Crippen MR) is 103 cm³/mol. The SMILES string of the molecule is C=C/C(C)=C(\C(C)=CC)N1CCN(/C(C(Cl)=CC)=C(\C)C=C)C1. The Morgan fingerprint density at radius 3 is 1.78 bits per heavy atom. The largest absolute Gasteiger partial charge is 0.352 e. The number of hydrogen-bond acceptors (Lipinski definition) is 2. The van der Waals surface area contributed by atoms with Gasteiger partial charge in [0.25, 0.3) is 0 Å². The highest BCUT2D eigenvalue weighted by Crippen LogP contribution is 2.30. The molecule has 0 atom stereocenters. The van der Waals surface area contributed by atoms with Gasteiger partial charge < -0.3 is 9.80 Å². The topological polar surface area (TPSA) is 6.48 Å². The highest BCUT2D eigenvalue weighted by molar-refractivity contribution is 6.31. The van der Waals surface area contributed by atoms with Crippen molar-refractivity contribution in [1.82, 2.24) is 9.80 Å². The van der Waals surface area contributed by atoms with Crippen molar-refractivity contribution in [3.63, 3.8) is 0 Å². The lowest BCUT2D eigenvalue weighted by Gasteiger charge is -2.27. The Kier molecular flexibility index (Phi) is 7.44. The minimum Gasteiger partial charge on any atom is -0.352 e. The number of hydrogen-bond donors (Lipinski definition) is 0. The zero-order valence-corrected chi connectivity index (χ0v) is 15.9. The van der Waals surface area contributed by atoms with Gasteiger partial charge in [0.2, 0.25) is 0 Å². The summed E-state index contributed by atoms with van der Waals surface area (Å²) in [6.07, 6.45) is 7.88.